The summed E-state index contributed by atoms with van der Waals surface area (Å²) in [4.78, 5) is 65.6. The maximum atomic E-state index is 12.2. The lowest BCUT2D eigenvalue weighted by molar-refractivity contribution is -0.134. The Labute approximate surface area is 812 Å². The van der Waals surface area contributed by atoms with Gasteiger partial charge < -0.3 is 63.5 Å². The number of likely N-dealkylation sites (N-methyl/N-ethyl adjacent to an activating group) is 1. The number of piperazine rings is 1. The lowest BCUT2D eigenvalue weighted by Gasteiger charge is -2.34. The Morgan fingerprint density at radius 1 is 0.413 bits per heavy atom. The van der Waals surface area contributed by atoms with Crippen LogP contribution in [-0.2, 0) is 69.2 Å². The van der Waals surface area contributed by atoms with Crippen LogP contribution in [-0.4, -0.2) is 194 Å². The number of nitrogens with two attached hydrogens (primary N) is 5. The van der Waals surface area contributed by atoms with E-state index in [1.807, 2.05) is 72.5 Å². The van der Waals surface area contributed by atoms with E-state index in [1.54, 1.807) is 12.1 Å². The van der Waals surface area contributed by atoms with E-state index in [1.165, 1.54) is 78.7 Å². The van der Waals surface area contributed by atoms with Crippen molar-refractivity contribution in [2.45, 2.75) is 151 Å². The van der Waals surface area contributed by atoms with Gasteiger partial charge in [-0.2, -0.15) is 15.1 Å². The predicted octanol–water partition coefficient (Wildman–Crippen LogP) is 17.0. The summed E-state index contributed by atoms with van der Waals surface area (Å²) in [6.45, 7) is 34.9. The van der Waals surface area contributed by atoms with E-state index in [-0.39, 0.29) is 29.9 Å². The van der Waals surface area contributed by atoms with Crippen LogP contribution >= 0.6 is 0 Å². The van der Waals surface area contributed by atoms with Crippen LogP contribution in [0, 0.1) is 76.2 Å². The minimum absolute atomic E-state index is 0.123. The fourth-order valence-corrected chi connectivity index (χ4v) is 17.5. The summed E-state index contributed by atoms with van der Waals surface area (Å²) in [6, 6.07) is 69.6. The van der Waals surface area contributed by atoms with Crippen molar-refractivity contribution in [1.29, 1.82) is 0 Å². The largest absolute Gasteiger partial charge is 0.378 e. The molecule has 8 aromatic carbocycles. The smallest absolute Gasteiger partial charge is 0.224 e. The third-order valence-corrected chi connectivity index (χ3v) is 26.8. The molecular weight excluding hydrogens is 1740 g/mol. The van der Waals surface area contributed by atoms with E-state index in [0.717, 1.165) is 200 Å². The molecule has 3 aliphatic heterocycles. The number of carbonyl (C=O) groups excluding carboxylic acids is 1. The number of amides is 1. The van der Waals surface area contributed by atoms with E-state index in [2.05, 4.69) is 295 Å². The number of ether oxygens (including phenoxy) is 2. The van der Waals surface area contributed by atoms with Gasteiger partial charge in [-0.15, -0.1) is 0 Å². The van der Waals surface area contributed by atoms with Crippen molar-refractivity contribution in [1.82, 2.24) is 74.7 Å². The van der Waals surface area contributed by atoms with Gasteiger partial charge in [0, 0.05) is 153 Å². The van der Waals surface area contributed by atoms with Gasteiger partial charge in [0.1, 0.15) is 11.6 Å². The first kappa shape index (κ1) is 101. The first-order chi connectivity index (χ1) is 66.4. The lowest BCUT2D eigenvalue weighted by Crippen LogP contribution is -2.44. The SMILES string of the molecule is Cc1cc(CCCNc2cc(-c3cccc(C)c3C)nc(N)n2)n[nH]1.Cc1cccc(-c2cc(CCC3CN(Cc4ccccc4)CCO3)nc(N)n2)c1C.Cc1cccc(-c2cc(CCc3ccc(N4CCN(C)CC4)cc3)nc(N)n2)c1C.Cc1cccc(-c2cc(CCc3ccc(S(C)(=O)=O)cc3)nc(N)n2)c1C.Cc1cccc(-c2cc(NCCC(=O)N3CCOCC3)nc(N)n2)c1C. The van der Waals surface area contributed by atoms with Crippen LogP contribution in [0.1, 0.15) is 120 Å². The van der Waals surface area contributed by atoms with E-state index in [4.69, 9.17) is 38.1 Å². The second-order valence-electron chi connectivity index (χ2n) is 35.9. The Hall–Kier alpha value is -14.0. The van der Waals surface area contributed by atoms with Gasteiger partial charge in [-0.3, -0.25) is 14.8 Å². The number of nitrogens with zero attached hydrogens (tertiary/aromatic N) is 15. The Morgan fingerprint density at radius 2 is 0.826 bits per heavy atom. The van der Waals surface area contributed by atoms with Crippen LogP contribution in [0.4, 0.5) is 47.1 Å². The monoisotopic (exact) mass is 1880 g/mol. The molecule has 14 aromatic rings. The van der Waals surface area contributed by atoms with Gasteiger partial charge in [-0.1, -0.05) is 146 Å². The third-order valence-electron chi connectivity index (χ3n) is 25.7. The quantitative estimate of drug-likeness (QED) is 0.0222. The van der Waals surface area contributed by atoms with Crippen molar-refractivity contribution in [2.24, 2.45) is 0 Å². The van der Waals surface area contributed by atoms with Crippen molar-refractivity contribution in [3.05, 3.63) is 307 Å². The fraction of sp³-hybridized carbons (Fsp3) is 0.339. The van der Waals surface area contributed by atoms with Crippen molar-refractivity contribution < 1.29 is 22.7 Å². The molecule has 6 aromatic heterocycles. The van der Waals surface area contributed by atoms with Crippen molar-refractivity contribution in [2.75, 3.05) is 143 Å². The summed E-state index contributed by atoms with van der Waals surface area (Å²) in [5.41, 5.74) is 61.7. The number of anilines is 8. The topological polar surface area (TPSA) is 394 Å². The highest BCUT2D eigenvalue weighted by molar-refractivity contribution is 7.90. The zero-order chi connectivity index (χ0) is 97.9. The second kappa shape index (κ2) is 48.7. The highest BCUT2D eigenvalue weighted by Crippen LogP contribution is 2.33. The molecule has 0 aliphatic carbocycles. The molecule has 720 valence electrons. The molecule has 29 heteroatoms. The van der Waals surface area contributed by atoms with Gasteiger partial charge in [0.25, 0.3) is 0 Å². The van der Waals surface area contributed by atoms with E-state index >= 15 is 0 Å². The number of morpholine rings is 2. The average Bonchev–Trinajstić information content (AvgIpc) is 1.37. The number of aryl methyl sites for hydroxylation is 12. The molecule has 3 aliphatic rings. The molecule has 3 saturated heterocycles. The molecule has 3 fully saturated rings. The maximum absolute atomic E-state index is 12.2. The lowest BCUT2D eigenvalue weighted by atomic mass is 9.99. The van der Waals surface area contributed by atoms with E-state index in [9.17, 15) is 13.2 Å². The van der Waals surface area contributed by atoms with Gasteiger partial charge in [0.2, 0.25) is 35.6 Å². The minimum atomic E-state index is -3.17. The van der Waals surface area contributed by atoms with Crippen LogP contribution in [0.5, 0.6) is 0 Å². The number of sulfone groups is 1. The number of aromatic amines is 1. The number of nitrogen functional groups attached to an aromatic ring is 5. The molecule has 0 bridgehead atoms. The van der Waals surface area contributed by atoms with Gasteiger partial charge in [-0.25, -0.2) is 48.3 Å². The van der Waals surface area contributed by atoms with Gasteiger partial charge in [-0.05, 0) is 255 Å². The first-order valence-corrected chi connectivity index (χ1v) is 49.3. The summed E-state index contributed by atoms with van der Waals surface area (Å²) in [6.07, 6.45) is 8.68. The van der Waals surface area contributed by atoms with Crippen LogP contribution in [0.3, 0.4) is 0 Å². The number of nitrogens with one attached hydrogen (secondary N) is 3. The molecule has 1 unspecified atom stereocenters. The molecule has 0 spiro atoms. The number of benzene rings is 8. The summed E-state index contributed by atoms with van der Waals surface area (Å²) in [5.74, 6) is 2.93. The van der Waals surface area contributed by atoms with Crippen LogP contribution in [0.2, 0.25) is 0 Å². The zero-order valence-corrected chi connectivity index (χ0v) is 82.8. The fourth-order valence-electron chi connectivity index (χ4n) is 16.9. The third kappa shape index (κ3) is 29.3. The molecule has 13 N–H and O–H groups in total. The van der Waals surface area contributed by atoms with E-state index in [0.29, 0.717) is 68.3 Å². The second-order valence-corrected chi connectivity index (χ2v) is 37.9. The summed E-state index contributed by atoms with van der Waals surface area (Å²) < 4.78 is 34.4. The number of H-pyrrole nitrogens is 1. The molecule has 9 heterocycles. The first-order valence-electron chi connectivity index (χ1n) is 47.4. The number of aromatic nitrogens is 12. The highest BCUT2D eigenvalue weighted by Gasteiger charge is 2.24. The zero-order valence-electron chi connectivity index (χ0n) is 82.0. The maximum Gasteiger partial charge on any atom is 0.224 e. The normalized spacial score (nSPS) is 13.9. The number of carbonyl (C=O) groups is 1. The Balaban J connectivity index is 0.000000146. The summed E-state index contributed by atoms with van der Waals surface area (Å²) >= 11 is 0. The Morgan fingerprint density at radius 3 is 1.25 bits per heavy atom. The van der Waals surface area contributed by atoms with Crippen molar-refractivity contribution >= 4 is 62.8 Å². The summed E-state index contributed by atoms with van der Waals surface area (Å²) in [7, 11) is -0.987. The van der Waals surface area contributed by atoms with Gasteiger partial charge in [0.15, 0.2) is 9.84 Å². The Kier molecular flexibility index (Phi) is 35.8. The number of hydrogen-bond acceptors (Lipinski definition) is 26. The standard InChI is InChI=1S/C25H31N5.C25H30N4O.C21H23N3O2S.C19H24N6.C19H25N5O2/c1-18-5-4-6-23(19(18)2)24-17-21(27-25(26)28-24)10-7-20-8-11-22(12-9-20)30-15-13-29(3)14-16-30;1-18-7-6-10-23(19(18)2)24-15-21(27-25(26)28-24)11-12-22-17-29(13-14-30-22)16-20-8-4-3-5-9-20;1-14-5-4-6-19(15(14)2)20-13-17(23-21(22)24-20)10-7-16-8-11-18(12-9-16)27(3,25)26;1-12-6-4-8-16(14(12)3)17-11-18(23-19(20)22-17)21-9-5-7-15-10-13(2)24-25-15;1-13-4-3-5-15(14(13)2)16-12-17(23-19(20)22-16)21-7-6-18(25)24-8-10-26-11-9-24/h4-6,8-9,11-12,17H,7,10,13-16H2,1-3H3,(H2,26,27,28);3-10,15,22H,11-14,16-17H2,1-2H3,(H2,26,27,28);4-6,8-9,11-13H,7,10H2,1-3H3,(H2,22,23,24);4,6,8,10-11H,5,7,9H2,1-3H3,(H,24,25)(H3,20,21,22,23);3-5,12H,6-11H2,1-2H3,(H3,20,21,22,23). The van der Waals surface area contributed by atoms with Crippen LogP contribution < -0.4 is 44.2 Å². The average molecular weight is 1880 g/mol. The van der Waals surface area contributed by atoms with E-state index < -0.39 is 9.84 Å². The Bertz CT molecular complexity index is 6550. The molecular formula is C109H133N23O5S. The van der Waals surface area contributed by atoms with Crippen molar-refractivity contribution in [3.8, 4) is 56.3 Å². The number of rotatable bonds is 27. The number of hydrogen-bond donors (Lipinski definition) is 8. The minimum Gasteiger partial charge on any atom is -0.378 e. The molecule has 17 rings (SSSR count). The van der Waals surface area contributed by atoms with Gasteiger partial charge in [0.05, 0.1) is 65.0 Å². The summed E-state index contributed by atoms with van der Waals surface area (Å²) in [5, 5.41) is 13.7. The van der Waals surface area contributed by atoms with Gasteiger partial charge >= 0.3 is 0 Å². The van der Waals surface area contributed by atoms with Crippen LogP contribution in [0.15, 0.2) is 211 Å². The molecule has 0 saturated carbocycles. The highest BCUT2D eigenvalue weighted by atomic mass is 32.2. The molecule has 28 nitrogen and oxygen atoms in total. The molecule has 0 radical (unpaired) electrons. The predicted molar refractivity (Wildman–Crippen MR) is 558 cm³/mol. The molecule has 138 heavy (non-hydrogen) atoms. The van der Waals surface area contributed by atoms with Crippen molar-refractivity contribution in [3.63, 3.8) is 0 Å². The molecule has 1 amide bonds. The molecule has 1 atom stereocenters. The van der Waals surface area contributed by atoms with Crippen LogP contribution in [0.25, 0.3) is 56.3 Å².